The third-order valence-electron chi connectivity index (χ3n) is 13.0. The molecule has 0 aromatic rings. The first-order valence-electron chi connectivity index (χ1n) is 28.1. The van der Waals surface area contributed by atoms with Crippen molar-refractivity contribution in [3.8, 4) is 0 Å². The minimum absolute atomic E-state index is 0.0702. The van der Waals surface area contributed by atoms with Gasteiger partial charge in [-0.05, 0) is 77.0 Å². The zero-order valence-electron chi connectivity index (χ0n) is 42.5. The van der Waals surface area contributed by atoms with Gasteiger partial charge < -0.3 is 20.3 Å². The largest absolute Gasteiger partial charge is 0.462 e. The summed E-state index contributed by atoms with van der Waals surface area (Å²) >= 11 is 0. The standard InChI is InChI=1S/C57H109NO5/c1-4-7-10-13-16-19-22-25-27-29-32-34-37-40-43-46-49-55(60)54(52-59)58-56(61)51-53(48-45-42-39-36-33-31-28-26-23-20-17-14-11-8-5-2)63-57(62)50-47-44-41-38-35-30-24-21-18-15-12-9-6-3/h26,28,30,35,53-55,59-60H,4-25,27,29,31-34,36-52H2,1-3H3,(H,58,61)/b28-26+,35-30-. The monoisotopic (exact) mass is 888 g/mol. The molecule has 0 heterocycles. The van der Waals surface area contributed by atoms with Crippen molar-refractivity contribution in [3.05, 3.63) is 24.3 Å². The van der Waals surface area contributed by atoms with Crippen LogP contribution in [0.1, 0.15) is 303 Å². The fourth-order valence-electron chi connectivity index (χ4n) is 8.72. The summed E-state index contributed by atoms with van der Waals surface area (Å²) in [5, 5.41) is 23.9. The molecule has 0 bridgehead atoms. The number of aliphatic hydroxyl groups excluding tert-OH is 2. The lowest BCUT2D eigenvalue weighted by molar-refractivity contribution is -0.151. The second kappa shape index (κ2) is 51.3. The van der Waals surface area contributed by atoms with E-state index in [1.165, 1.54) is 193 Å². The Morgan fingerprint density at radius 1 is 0.444 bits per heavy atom. The van der Waals surface area contributed by atoms with Gasteiger partial charge in [0, 0.05) is 6.42 Å². The van der Waals surface area contributed by atoms with Gasteiger partial charge in [0.1, 0.15) is 6.10 Å². The molecule has 0 aliphatic rings. The van der Waals surface area contributed by atoms with E-state index in [-0.39, 0.29) is 24.9 Å². The van der Waals surface area contributed by atoms with Gasteiger partial charge in [-0.3, -0.25) is 9.59 Å². The molecule has 0 spiro atoms. The van der Waals surface area contributed by atoms with Crippen molar-refractivity contribution in [2.24, 2.45) is 0 Å². The molecule has 0 fully saturated rings. The number of carbonyl (C=O) groups is 2. The molecule has 0 aromatic heterocycles. The predicted octanol–water partition coefficient (Wildman–Crippen LogP) is 17.1. The lowest BCUT2D eigenvalue weighted by Gasteiger charge is -2.24. The SMILES string of the molecule is CCCCCCCC/C=C\CCCCCC(=O)OC(CCCCCCC/C=C/CCCCCCCC)CC(=O)NC(CO)C(O)CCCCCCCCCCCCCCCCCC. The summed E-state index contributed by atoms with van der Waals surface area (Å²) in [7, 11) is 0. The highest BCUT2D eigenvalue weighted by molar-refractivity contribution is 5.77. The molecule has 6 heteroatoms. The summed E-state index contributed by atoms with van der Waals surface area (Å²) in [6.07, 6.45) is 59.5. The Labute approximate surface area is 392 Å². The van der Waals surface area contributed by atoms with E-state index < -0.39 is 18.2 Å². The van der Waals surface area contributed by atoms with E-state index in [0.29, 0.717) is 19.3 Å². The van der Waals surface area contributed by atoms with Crippen LogP contribution in [0.2, 0.25) is 0 Å². The lowest BCUT2D eigenvalue weighted by Crippen LogP contribution is -2.46. The third kappa shape index (κ3) is 46.7. The van der Waals surface area contributed by atoms with Crippen LogP contribution in [-0.2, 0) is 14.3 Å². The second-order valence-corrected chi connectivity index (χ2v) is 19.3. The Hall–Kier alpha value is -1.66. The van der Waals surface area contributed by atoms with Crippen molar-refractivity contribution >= 4 is 11.9 Å². The molecule has 0 aromatic carbocycles. The van der Waals surface area contributed by atoms with Gasteiger partial charge in [-0.15, -0.1) is 0 Å². The van der Waals surface area contributed by atoms with E-state index in [0.717, 1.165) is 64.2 Å². The van der Waals surface area contributed by atoms with Gasteiger partial charge in [-0.1, -0.05) is 238 Å². The van der Waals surface area contributed by atoms with Crippen molar-refractivity contribution in [2.45, 2.75) is 322 Å². The van der Waals surface area contributed by atoms with Crippen LogP contribution in [0.25, 0.3) is 0 Å². The highest BCUT2D eigenvalue weighted by atomic mass is 16.5. The molecule has 0 radical (unpaired) electrons. The van der Waals surface area contributed by atoms with Gasteiger partial charge in [-0.25, -0.2) is 0 Å². The van der Waals surface area contributed by atoms with Crippen molar-refractivity contribution in [1.82, 2.24) is 5.32 Å². The predicted molar refractivity (Wildman–Crippen MR) is 273 cm³/mol. The van der Waals surface area contributed by atoms with Gasteiger partial charge >= 0.3 is 5.97 Å². The molecule has 3 atom stereocenters. The van der Waals surface area contributed by atoms with E-state index in [4.69, 9.17) is 4.74 Å². The fraction of sp³-hybridized carbons (Fsp3) is 0.895. The molecule has 1 amide bonds. The number of carbonyl (C=O) groups excluding carboxylic acids is 2. The summed E-state index contributed by atoms with van der Waals surface area (Å²) in [6, 6.07) is -0.704. The minimum Gasteiger partial charge on any atom is -0.462 e. The number of rotatable bonds is 51. The van der Waals surface area contributed by atoms with Gasteiger partial charge in [0.2, 0.25) is 5.91 Å². The molecule has 0 rings (SSSR count). The highest BCUT2D eigenvalue weighted by Crippen LogP contribution is 2.18. The Morgan fingerprint density at radius 3 is 1.13 bits per heavy atom. The van der Waals surface area contributed by atoms with Gasteiger partial charge in [0.15, 0.2) is 0 Å². The molecular formula is C57H109NO5. The highest BCUT2D eigenvalue weighted by Gasteiger charge is 2.24. The van der Waals surface area contributed by atoms with Gasteiger partial charge in [0.05, 0.1) is 25.2 Å². The smallest absolute Gasteiger partial charge is 0.306 e. The van der Waals surface area contributed by atoms with Gasteiger partial charge in [0.25, 0.3) is 0 Å². The average molecular weight is 889 g/mol. The first kappa shape index (κ1) is 61.3. The second-order valence-electron chi connectivity index (χ2n) is 19.3. The summed E-state index contributed by atoms with van der Waals surface area (Å²) in [4.78, 5) is 26.2. The first-order valence-corrected chi connectivity index (χ1v) is 28.1. The van der Waals surface area contributed by atoms with Crippen LogP contribution in [0.15, 0.2) is 24.3 Å². The third-order valence-corrected chi connectivity index (χ3v) is 13.0. The van der Waals surface area contributed by atoms with Crippen LogP contribution in [0.4, 0.5) is 0 Å². The topological polar surface area (TPSA) is 95.9 Å². The molecule has 372 valence electrons. The van der Waals surface area contributed by atoms with E-state index in [1.54, 1.807) is 0 Å². The Bertz CT molecular complexity index is 997. The van der Waals surface area contributed by atoms with E-state index in [1.807, 2.05) is 0 Å². The zero-order valence-corrected chi connectivity index (χ0v) is 42.5. The molecule has 3 unspecified atom stereocenters. The summed E-state index contributed by atoms with van der Waals surface area (Å²) in [5.41, 5.74) is 0. The number of unbranched alkanes of at least 4 members (excludes halogenated alkanes) is 35. The van der Waals surface area contributed by atoms with Crippen LogP contribution < -0.4 is 5.32 Å². The zero-order chi connectivity index (χ0) is 45.9. The summed E-state index contributed by atoms with van der Waals surface area (Å²) in [6.45, 7) is 6.50. The minimum atomic E-state index is -0.789. The van der Waals surface area contributed by atoms with Gasteiger partial charge in [-0.2, -0.15) is 0 Å². The van der Waals surface area contributed by atoms with Crippen LogP contribution in [-0.4, -0.2) is 46.9 Å². The van der Waals surface area contributed by atoms with Crippen molar-refractivity contribution < 1.29 is 24.5 Å². The Balaban J connectivity index is 4.54. The van der Waals surface area contributed by atoms with E-state index >= 15 is 0 Å². The van der Waals surface area contributed by atoms with E-state index in [9.17, 15) is 19.8 Å². The van der Waals surface area contributed by atoms with Crippen LogP contribution >= 0.6 is 0 Å². The number of nitrogens with one attached hydrogen (secondary N) is 1. The number of amides is 1. The fourth-order valence-corrected chi connectivity index (χ4v) is 8.72. The maximum Gasteiger partial charge on any atom is 0.306 e. The normalized spacial score (nSPS) is 13.3. The van der Waals surface area contributed by atoms with E-state index in [2.05, 4.69) is 50.4 Å². The molecular weight excluding hydrogens is 779 g/mol. The lowest BCUT2D eigenvalue weighted by atomic mass is 10.0. The molecule has 0 saturated heterocycles. The number of hydrogen-bond acceptors (Lipinski definition) is 5. The molecule has 6 nitrogen and oxygen atoms in total. The Morgan fingerprint density at radius 2 is 0.762 bits per heavy atom. The molecule has 3 N–H and O–H groups in total. The molecule has 63 heavy (non-hydrogen) atoms. The number of aliphatic hydroxyl groups is 2. The average Bonchev–Trinajstić information content (AvgIpc) is 3.28. The van der Waals surface area contributed by atoms with Crippen molar-refractivity contribution in [3.63, 3.8) is 0 Å². The summed E-state index contributed by atoms with van der Waals surface area (Å²) in [5.74, 6) is -0.486. The number of hydrogen-bond donors (Lipinski definition) is 3. The quantitative estimate of drug-likeness (QED) is 0.0321. The maximum atomic E-state index is 13.2. The van der Waals surface area contributed by atoms with Crippen LogP contribution in [0, 0.1) is 0 Å². The van der Waals surface area contributed by atoms with Crippen molar-refractivity contribution in [1.29, 1.82) is 0 Å². The van der Waals surface area contributed by atoms with Crippen LogP contribution in [0.3, 0.4) is 0 Å². The van der Waals surface area contributed by atoms with Crippen LogP contribution in [0.5, 0.6) is 0 Å². The first-order chi connectivity index (χ1) is 31.0. The Kier molecular flexibility index (Phi) is 50.0. The molecule has 0 saturated carbocycles. The number of allylic oxidation sites excluding steroid dienone is 4. The van der Waals surface area contributed by atoms with Crippen molar-refractivity contribution in [2.75, 3.05) is 6.61 Å². The summed E-state index contributed by atoms with van der Waals surface area (Å²) < 4.78 is 5.94. The molecule has 0 aliphatic carbocycles. The maximum absolute atomic E-state index is 13.2. The number of esters is 1. The molecule has 0 aliphatic heterocycles. The number of ether oxygens (including phenoxy) is 1.